The van der Waals surface area contributed by atoms with E-state index in [1.165, 1.54) is 4.90 Å². The summed E-state index contributed by atoms with van der Waals surface area (Å²) in [5.74, 6) is 0.613. The molecule has 0 radical (unpaired) electrons. The van der Waals surface area contributed by atoms with Gasteiger partial charge in [-0.15, -0.1) is 11.6 Å². The maximum absolute atomic E-state index is 11.9. The van der Waals surface area contributed by atoms with Crippen LogP contribution in [0, 0.1) is 0 Å². The van der Waals surface area contributed by atoms with Crippen LogP contribution in [-0.2, 0) is 11.2 Å². The van der Waals surface area contributed by atoms with Crippen LogP contribution >= 0.6 is 11.6 Å². The number of carbonyl (C=O) groups excluding carboxylic acids is 2. The number of imide groups is 1. The first-order chi connectivity index (χ1) is 9.99. The summed E-state index contributed by atoms with van der Waals surface area (Å²) in [6, 6.07) is 7.16. The van der Waals surface area contributed by atoms with Gasteiger partial charge in [-0.1, -0.05) is 18.2 Å². The number of rotatable bonds is 6. The molecule has 21 heavy (non-hydrogen) atoms. The van der Waals surface area contributed by atoms with E-state index in [0.717, 1.165) is 11.3 Å². The number of benzene rings is 1. The predicted molar refractivity (Wildman–Crippen MR) is 82.8 cm³/mol. The molecule has 1 unspecified atom stereocenters. The van der Waals surface area contributed by atoms with E-state index < -0.39 is 6.03 Å². The van der Waals surface area contributed by atoms with Crippen molar-refractivity contribution in [2.75, 3.05) is 20.0 Å². The van der Waals surface area contributed by atoms with Gasteiger partial charge in [0.1, 0.15) is 5.75 Å². The molecule has 1 aromatic carbocycles. The van der Waals surface area contributed by atoms with E-state index in [1.807, 2.05) is 31.2 Å². The fraction of sp³-hybridized carbons (Fsp3) is 0.467. The van der Waals surface area contributed by atoms with Gasteiger partial charge in [0.25, 0.3) is 0 Å². The highest BCUT2D eigenvalue weighted by molar-refractivity contribution is 6.19. The van der Waals surface area contributed by atoms with Gasteiger partial charge in [0, 0.05) is 25.4 Å². The fourth-order valence-corrected chi connectivity index (χ4v) is 2.05. The Morgan fingerprint density at radius 3 is 2.67 bits per heavy atom. The van der Waals surface area contributed by atoms with Gasteiger partial charge in [-0.3, -0.25) is 10.1 Å². The zero-order valence-electron chi connectivity index (χ0n) is 12.6. The molecule has 1 rings (SSSR count). The number of carbonyl (C=O) groups is 2. The molecule has 0 spiro atoms. The minimum atomic E-state index is -0.424. The zero-order valence-corrected chi connectivity index (χ0v) is 13.3. The van der Waals surface area contributed by atoms with Crippen molar-refractivity contribution in [3.8, 4) is 5.75 Å². The maximum Gasteiger partial charge on any atom is 0.324 e. The first-order valence-electron chi connectivity index (χ1n) is 6.74. The summed E-state index contributed by atoms with van der Waals surface area (Å²) in [6.45, 7) is 1.91. The average molecular weight is 313 g/mol. The molecule has 0 aromatic heterocycles. The topological polar surface area (TPSA) is 58.6 Å². The average Bonchev–Trinajstić information content (AvgIpc) is 2.47. The van der Waals surface area contributed by atoms with Crippen molar-refractivity contribution >= 4 is 23.5 Å². The molecule has 0 aliphatic heterocycles. The molecular weight excluding hydrogens is 292 g/mol. The second-order valence-electron chi connectivity index (χ2n) is 4.77. The standard InChI is InChI=1S/C15H21ClN2O3/c1-11(10-12-6-4-5-7-13(12)21-3)18(2)15(20)17-14(19)8-9-16/h4-7,11H,8-10H2,1-3H3,(H,17,19,20). The van der Waals surface area contributed by atoms with E-state index in [1.54, 1.807) is 14.2 Å². The van der Waals surface area contributed by atoms with Gasteiger partial charge in [0.15, 0.2) is 0 Å². The van der Waals surface area contributed by atoms with Gasteiger partial charge >= 0.3 is 6.03 Å². The van der Waals surface area contributed by atoms with Crippen molar-refractivity contribution in [3.05, 3.63) is 29.8 Å². The number of hydrogen-bond acceptors (Lipinski definition) is 3. The molecule has 5 nitrogen and oxygen atoms in total. The van der Waals surface area contributed by atoms with Crippen LogP contribution in [0.15, 0.2) is 24.3 Å². The maximum atomic E-state index is 11.9. The molecule has 1 aromatic rings. The molecule has 3 amide bonds. The minimum Gasteiger partial charge on any atom is -0.496 e. The lowest BCUT2D eigenvalue weighted by Crippen LogP contribution is -2.45. The molecule has 0 aliphatic carbocycles. The normalized spacial score (nSPS) is 11.6. The number of para-hydroxylation sites is 1. The number of amides is 3. The number of urea groups is 1. The smallest absolute Gasteiger partial charge is 0.324 e. The van der Waals surface area contributed by atoms with Crippen LogP contribution in [0.2, 0.25) is 0 Å². The second kappa shape index (κ2) is 8.52. The molecule has 0 saturated carbocycles. The van der Waals surface area contributed by atoms with Crippen molar-refractivity contribution in [2.45, 2.75) is 25.8 Å². The SMILES string of the molecule is COc1ccccc1CC(C)N(C)C(=O)NC(=O)CCCl. The number of nitrogens with zero attached hydrogens (tertiary/aromatic N) is 1. The highest BCUT2D eigenvalue weighted by atomic mass is 35.5. The summed E-state index contributed by atoms with van der Waals surface area (Å²) in [7, 11) is 3.27. The van der Waals surface area contributed by atoms with E-state index in [-0.39, 0.29) is 24.2 Å². The highest BCUT2D eigenvalue weighted by Gasteiger charge is 2.19. The van der Waals surface area contributed by atoms with Crippen LogP contribution in [0.1, 0.15) is 18.9 Å². The summed E-state index contributed by atoms with van der Waals surface area (Å²) in [6.07, 6.45) is 0.764. The third-order valence-corrected chi connectivity index (χ3v) is 3.45. The number of likely N-dealkylation sites (N-methyl/N-ethyl adjacent to an activating group) is 1. The van der Waals surface area contributed by atoms with E-state index in [2.05, 4.69) is 5.32 Å². The Kier molecular flexibility index (Phi) is 7.02. The summed E-state index contributed by atoms with van der Waals surface area (Å²) in [4.78, 5) is 24.8. The molecule has 0 aliphatic rings. The van der Waals surface area contributed by atoms with E-state index in [9.17, 15) is 9.59 Å². The van der Waals surface area contributed by atoms with Crippen LogP contribution in [-0.4, -0.2) is 42.9 Å². The van der Waals surface area contributed by atoms with Gasteiger partial charge in [-0.2, -0.15) is 0 Å². The zero-order chi connectivity index (χ0) is 15.8. The van der Waals surface area contributed by atoms with Crippen molar-refractivity contribution in [2.24, 2.45) is 0 Å². The van der Waals surface area contributed by atoms with E-state index in [0.29, 0.717) is 6.42 Å². The number of halogens is 1. The number of nitrogens with one attached hydrogen (secondary N) is 1. The lowest BCUT2D eigenvalue weighted by atomic mass is 10.1. The molecule has 6 heteroatoms. The van der Waals surface area contributed by atoms with Gasteiger partial charge in [-0.25, -0.2) is 4.79 Å². The van der Waals surface area contributed by atoms with Gasteiger partial charge in [0.05, 0.1) is 7.11 Å². The van der Waals surface area contributed by atoms with Crippen LogP contribution in [0.4, 0.5) is 4.79 Å². The molecule has 0 bridgehead atoms. The van der Waals surface area contributed by atoms with Crippen molar-refractivity contribution in [1.29, 1.82) is 0 Å². The molecule has 1 atom stereocenters. The van der Waals surface area contributed by atoms with Crippen LogP contribution in [0.3, 0.4) is 0 Å². The highest BCUT2D eigenvalue weighted by Crippen LogP contribution is 2.20. The number of hydrogen-bond donors (Lipinski definition) is 1. The van der Waals surface area contributed by atoms with Gasteiger partial charge in [0.2, 0.25) is 5.91 Å². The van der Waals surface area contributed by atoms with Crippen LogP contribution in [0.25, 0.3) is 0 Å². The van der Waals surface area contributed by atoms with Crippen LogP contribution < -0.4 is 10.1 Å². The largest absolute Gasteiger partial charge is 0.496 e. The third kappa shape index (κ3) is 5.27. The summed E-state index contributed by atoms with van der Waals surface area (Å²) < 4.78 is 5.30. The molecular formula is C15H21ClN2O3. The second-order valence-corrected chi connectivity index (χ2v) is 5.15. The van der Waals surface area contributed by atoms with Gasteiger partial charge < -0.3 is 9.64 Å². The Balaban J connectivity index is 2.63. The Hall–Kier alpha value is -1.75. The molecule has 0 saturated heterocycles. The van der Waals surface area contributed by atoms with Crippen molar-refractivity contribution < 1.29 is 14.3 Å². The quantitative estimate of drug-likeness (QED) is 0.821. The molecule has 0 fully saturated rings. The predicted octanol–water partition coefficient (Wildman–Crippen LogP) is 2.42. The van der Waals surface area contributed by atoms with E-state index >= 15 is 0 Å². The Morgan fingerprint density at radius 2 is 2.05 bits per heavy atom. The minimum absolute atomic E-state index is 0.0786. The lowest BCUT2D eigenvalue weighted by Gasteiger charge is -2.25. The Morgan fingerprint density at radius 1 is 1.38 bits per heavy atom. The monoisotopic (exact) mass is 312 g/mol. The first kappa shape index (κ1) is 17.3. The lowest BCUT2D eigenvalue weighted by molar-refractivity contribution is -0.119. The first-order valence-corrected chi connectivity index (χ1v) is 7.27. The fourth-order valence-electron chi connectivity index (χ4n) is 1.88. The Labute approximate surface area is 130 Å². The molecule has 116 valence electrons. The van der Waals surface area contributed by atoms with E-state index in [4.69, 9.17) is 16.3 Å². The molecule has 1 N–H and O–H groups in total. The number of alkyl halides is 1. The van der Waals surface area contributed by atoms with Crippen LogP contribution in [0.5, 0.6) is 5.75 Å². The van der Waals surface area contributed by atoms with Crippen molar-refractivity contribution in [1.82, 2.24) is 10.2 Å². The van der Waals surface area contributed by atoms with Crippen molar-refractivity contribution in [3.63, 3.8) is 0 Å². The molecule has 0 heterocycles. The summed E-state index contributed by atoms with van der Waals surface area (Å²) in [5.41, 5.74) is 1.01. The number of methoxy groups -OCH3 is 1. The summed E-state index contributed by atoms with van der Waals surface area (Å²) >= 11 is 5.46. The number of ether oxygens (including phenoxy) is 1. The third-order valence-electron chi connectivity index (χ3n) is 3.26. The van der Waals surface area contributed by atoms with Gasteiger partial charge in [-0.05, 0) is 25.0 Å². The Bertz CT molecular complexity index is 494. The summed E-state index contributed by atoms with van der Waals surface area (Å²) in [5, 5.41) is 2.31.